The van der Waals surface area contributed by atoms with Crippen molar-refractivity contribution in [2.75, 3.05) is 32.1 Å². The van der Waals surface area contributed by atoms with Gasteiger partial charge in [0.1, 0.15) is 11.9 Å². The van der Waals surface area contributed by atoms with Crippen LogP contribution in [0.3, 0.4) is 0 Å². The molecular formula is C19H23FN4O2. The summed E-state index contributed by atoms with van der Waals surface area (Å²) in [5.74, 6) is 0.878. The van der Waals surface area contributed by atoms with Crippen molar-refractivity contribution in [2.24, 2.45) is 0 Å². The zero-order chi connectivity index (χ0) is 18.5. The largest absolute Gasteiger partial charge is 0.470 e. The number of carbonyl (C=O) groups is 1. The van der Waals surface area contributed by atoms with E-state index in [4.69, 9.17) is 4.74 Å². The molecule has 1 aromatic heterocycles. The minimum Gasteiger partial charge on any atom is -0.470 e. The van der Waals surface area contributed by atoms with Crippen LogP contribution in [0, 0.1) is 5.82 Å². The number of anilines is 1. The molecule has 0 aliphatic carbocycles. The van der Waals surface area contributed by atoms with Gasteiger partial charge in [-0.2, -0.15) is 0 Å². The minimum absolute atomic E-state index is 0.0249. The van der Waals surface area contributed by atoms with Gasteiger partial charge in [0.15, 0.2) is 5.82 Å². The zero-order valence-corrected chi connectivity index (χ0v) is 15.1. The van der Waals surface area contributed by atoms with Gasteiger partial charge in [0.2, 0.25) is 5.91 Å². The summed E-state index contributed by atoms with van der Waals surface area (Å²) >= 11 is 0. The van der Waals surface area contributed by atoms with Crippen molar-refractivity contribution in [2.45, 2.75) is 25.4 Å². The highest BCUT2D eigenvalue weighted by molar-refractivity contribution is 5.78. The predicted octanol–water partition coefficient (Wildman–Crippen LogP) is 2.29. The van der Waals surface area contributed by atoms with Gasteiger partial charge >= 0.3 is 0 Å². The van der Waals surface area contributed by atoms with Gasteiger partial charge in [-0.3, -0.25) is 4.79 Å². The van der Waals surface area contributed by atoms with E-state index in [-0.39, 0.29) is 24.2 Å². The van der Waals surface area contributed by atoms with Gasteiger partial charge in [0.05, 0.1) is 13.0 Å². The van der Waals surface area contributed by atoms with Crippen molar-refractivity contribution >= 4 is 11.7 Å². The summed E-state index contributed by atoms with van der Waals surface area (Å²) in [5.41, 5.74) is 0.809. The average Bonchev–Trinajstić information content (AvgIpc) is 2.64. The van der Waals surface area contributed by atoms with E-state index in [0.29, 0.717) is 24.8 Å². The standard InChI is InChI=1S/C19H23FN4O2/c1-23(2)18-19(22-10-9-21-18)26-16-4-3-11-24(13-16)17(25)12-14-5-7-15(20)8-6-14/h5-10,16H,3-4,11-13H2,1-2H3. The number of nitrogens with zero attached hydrogens (tertiary/aromatic N) is 4. The lowest BCUT2D eigenvalue weighted by Crippen LogP contribution is -2.45. The summed E-state index contributed by atoms with van der Waals surface area (Å²) < 4.78 is 19.0. The Balaban J connectivity index is 1.62. The highest BCUT2D eigenvalue weighted by Crippen LogP contribution is 2.24. The molecule has 2 heterocycles. The first-order valence-electron chi connectivity index (χ1n) is 8.70. The number of amides is 1. The van der Waals surface area contributed by atoms with E-state index in [1.165, 1.54) is 12.1 Å². The number of benzene rings is 1. The van der Waals surface area contributed by atoms with Crippen LogP contribution >= 0.6 is 0 Å². The van der Waals surface area contributed by atoms with Gasteiger partial charge < -0.3 is 14.5 Å². The molecule has 1 fully saturated rings. The summed E-state index contributed by atoms with van der Waals surface area (Å²) in [7, 11) is 3.77. The van der Waals surface area contributed by atoms with Crippen molar-refractivity contribution in [3.05, 3.63) is 48.0 Å². The molecule has 6 nitrogen and oxygen atoms in total. The van der Waals surface area contributed by atoms with E-state index in [2.05, 4.69) is 9.97 Å². The fourth-order valence-corrected chi connectivity index (χ4v) is 3.02. The molecule has 1 aliphatic rings. The van der Waals surface area contributed by atoms with Gasteiger partial charge in [0, 0.05) is 33.0 Å². The van der Waals surface area contributed by atoms with Crippen LogP contribution in [0.5, 0.6) is 5.88 Å². The molecule has 0 N–H and O–H groups in total. The predicted molar refractivity (Wildman–Crippen MR) is 96.7 cm³/mol. The second kappa shape index (κ2) is 8.12. The Labute approximate surface area is 152 Å². The minimum atomic E-state index is -0.298. The van der Waals surface area contributed by atoms with E-state index in [1.54, 1.807) is 24.5 Å². The Kier molecular flexibility index (Phi) is 5.65. The summed E-state index contributed by atoms with van der Waals surface area (Å²) in [4.78, 5) is 24.8. The molecule has 1 unspecified atom stereocenters. The van der Waals surface area contributed by atoms with Crippen LogP contribution in [0.4, 0.5) is 10.2 Å². The molecule has 1 aliphatic heterocycles. The van der Waals surface area contributed by atoms with Crippen LogP contribution in [0.25, 0.3) is 0 Å². The first-order valence-corrected chi connectivity index (χ1v) is 8.70. The van der Waals surface area contributed by atoms with Crippen LogP contribution in [0.1, 0.15) is 18.4 Å². The van der Waals surface area contributed by atoms with E-state index >= 15 is 0 Å². The number of piperidine rings is 1. The zero-order valence-electron chi connectivity index (χ0n) is 15.1. The fourth-order valence-electron chi connectivity index (χ4n) is 3.02. The quantitative estimate of drug-likeness (QED) is 0.821. The van der Waals surface area contributed by atoms with Gasteiger partial charge in [-0.25, -0.2) is 14.4 Å². The van der Waals surface area contributed by atoms with E-state index < -0.39 is 0 Å². The van der Waals surface area contributed by atoms with Crippen LogP contribution in [0.2, 0.25) is 0 Å². The second-order valence-corrected chi connectivity index (χ2v) is 6.60. The summed E-state index contributed by atoms with van der Waals surface area (Å²) in [6, 6.07) is 6.05. The number of rotatable bonds is 5. The molecule has 0 spiro atoms. The maximum absolute atomic E-state index is 13.0. The first-order chi connectivity index (χ1) is 12.5. The van der Waals surface area contributed by atoms with Crippen LogP contribution in [-0.4, -0.2) is 54.1 Å². The van der Waals surface area contributed by atoms with Crippen LogP contribution < -0.4 is 9.64 Å². The first kappa shape index (κ1) is 18.1. The Bertz CT molecular complexity index is 751. The number of ether oxygens (including phenoxy) is 1. The van der Waals surface area contributed by atoms with Crippen molar-refractivity contribution in [3.63, 3.8) is 0 Å². The van der Waals surface area contributed by atoms with Gasteiger partial charge in [-0.1, -0.05) is 12.1 Å². The third kappa shape index (κ3) is 4.47. The normalized spacial score (nSPS) is 17.0. The van der Waals surface area contributed by atoms with E-state index in [1.807, 2.05) is 23.9 Å². The smallest absolute Gasteiger partial charge is 0.257 e. The Morgan fingerprint density at radius 1 is 1.27 bits per heavy atom. The molecule has 1 amide bonds. The summed E-state index contributed by atoms with van der Waals surface area (Å²) in [5, 5.41) is 0. The lowest BCUT2D eigenvalue weighted by molar-refractivity contribution is -0.133. The maximum Gasteiger partial charge on any atom is 0.257 e. The second-order valence-electron chi connectivity index (χ2n) is 6.60. The number of halogens is 1. The summed E-state index contributed by atoms with van der Waals surface area (Å²) in [6.45, 7) is 1.23. The molecule has 1 saturated heterocycles. The number of hydrogen-bond acceptors (Lipinski definition) is 5. The molecule has 0 bridgehead atoms. The lowest BCUT2D eigenvalue weighted by Gasteiger charge is -2.33. The molecule has 7 heteroatoms. The molecular weight excluding hydrogens is 335 g/mol. The summed E-state index contributed by atoms with van der Waals surface area (Å²) in [6.07, 6.45) is 5.11. The van der Waals surface area contributed by atoms with Gasteiger partial charge in [-0.05, 0) is 30.5 Å². The molecule has 1 aromatic carbocycles. The molecule has 138 valence electrons. The Morgan fingerprint density at radius 3 is 2.73 bits per heavy atom. The molecule has 26 heavy (non-hydrogen) atoms. The molecule has 1 atom stereocenters. The maximum atomic E-state index is 13.0. The number of aromatic nitrogens is 2. The third-order valence-corrected chi connectivity index (χ3v) is 4.35. The Morgan fingerprint density at radius 2 is 2.00 bits per heavy atom. The molecule has 2 aromatic rings. The monoisotopic (exact) mass is 358 g/mol. The average molecular weight is 358 g/mol. The fraction of sp³-hybridized carbons (Fsp3) is 0.421. The van der Waals surface area contributed by atoms with Crippen molar-refractivity contribution < 1.29 is 13.9 Å². The topological polar surface area (TPSA) is 58.6 Å². The number of carbonyl (C=O) groups excluding carboxylic acids is 1. The van der Waals surface area contributed by atoms with Crippen LogP contribution in [0.15, 0.2) is 36.7 Å². The molecule has 0 saturated carbocycles. The van der Waals surface area contributed by atoms with Crippen LogP contribution in [-0.2, 0) is 11.2 Å². The number of likely N-dealkylation sites (tertiary alicyclic amines) is 1. The molecule has 0 radical (unpaired) electrons. The van der Waals surface area contributed by atoms with Crippen molar-refractivity contribution in [1.82, 2.24) is 14.9 Å². The lowest BCUT2D eigenvalue weighted by atomic mass is 10.1. The SMILES string of the molecule is CN(C)c1nccnc1OC1CCCN(C(=O)Cc2ccc(F)cc2)C1. The molecule has 3 rings (SSSR count). The van der Waals surface area contributed by atoms with Crippen molar-refractivity contribution in [1.29, 1.82) is 0 Å². The van der Waals surface area contributed by atoms with E-state index in [9.17, 15) is 9.18 Å². The number of hydrogen-bond donors (Lipinski definition) is 0. The third-order valence-electron chi connectivity index (χ3n) is 4.35. The highest BCUT2D eigenvalue weighted by atomic mass is 19.1. The van der Waals surface area contributed by atoms with E-state index in [0.717, 1.165) is 18.4 Å². The van der Waals surface area contributed by atoms with Gasteiger partial charge in [0.25, 0.3) is 5.88 Å². The van der Waals surface area contributed by atoms with Gasteiger partial charge in [-0.15, -0.1) is 0 Å². The van der Waals surface area contributed by atoms with Crippen molar-refractivity contribution in [3.8, 4) is 5.88 Å². The highest BCUT2D eigenvalue weighted by Gasteiger charge is 2.26. The Hall–Kier alpha value is -2.70.